The minimum Gasteiger partial charge on any atom is -0.331 e. The lowest BCUT2D eigenvalue weighted by atomic mass is 10.1. The number of hydrogen-bond acceptors (Lipinski definition) is 5. The van der Waals surface area contributed by atoms with Crippen molar-refractivity contribution in [2.24, 2.45) is 0 Å². The topological polar surface area (TPSA) is 124 Å². The first-order valence-electron chi connectivity index (χ1n) is 9.74. The molecule has 0 saturated carbocycles. The molecule has 3 amide bonds. The second kappa shape index (κ2) is 9.21. The number of rotatable bonds is 6. The van der Waals surface area contributed by atoms with E-state index in [9.17, 15) is 19.2 Å². The Hall–Kier alpha value is -4.01. The van der Waals surface area contributed by atoms with E-state index < -0.39 is 0 Å². The van der Waals surface area contributed by atoms with Crippen molar-refractivity contribution in [2.45, 2.75) is 27.3 Å². The van der Waals surface area contributed by atoms with Crippen molar-refractivity contribution < 1.29 is 14.4 Å². The van der Waals surface area contributed by atoms with Crippen molar-refractivity contribution in [1.29, 1.82) is 0 Å². The van der Waals surface area contributed by atoms with Crippen molar-refractivity contribution in [3.8, 4) is 0 Å². The number of amides is 3. The number of fused-ring (bicyclic) bond motifs is 1. The van der Waals surface area contributed by atoms with E-state index in [0.29, 0.717) is 34.6 Å². The van der Waals surface area contributed by atoms with Gasteiger partial charge in [0.1, 0.15) is 5.82 Å². The molecule has 3 aromatic rings. The minimum atomic E-state index is -0.336. The highest BCUT2D eigenvalue weighted by molar-refractivity contribution is 6.00. The van der Waals surface area contributed by atoms with Crippen LogP contribution in [0.3, 0.4) is 0 Å². The van der Waals surface area contributed by atoms with E-state index in [1.54, 1.807) is 30.3 Å². The number of hydrogen-bond donors (Lipinski definition) is 3. The van der Waals surface area contributed by atoms with Gasteiger partial charge in [-0.3, -0.25) is 19.2 Å². The van der Waals surface area contributed by atoms with E-state index in [4.69, 9.17) is 0 Å². The van der Waals surface area contributed by atoms with Gasteiger partial charge in [0.25, 0.3) is 11.5 Å². The van der Waals surface area contributed by atoms with Gasteiger partial charge in [-0.05, 0) is 37.3 Å². The molecule has 9 heteroatoms. The van der Waals surface area contributed by atoms with Crippen LogP contribution in [-0.2, 0) is 16.1 Å². The third kappa shape index (κ3) is 5.33. The Balaban J connectivity index is 1.93. The van der Waals surface area contributed by atoms with Crippen molar-refractivity contribution in [1.82, 2.24) is 14.9 Å². The summed E-state index contributed by atoms with van der Waals surface area (Å²) in [5.41, 5.74) is 1.32. The standard InChI is InChI=1S/C22H23N5O4/c1-4-27(12-20-25-19-8-6-5-7-18(19)21(30)26-20)22(31)15-9-16(23-13(2)28)11-17(10-15)24-14(3)29/h5-11H,4,12H2,1-3H3,(H,23,28)(H,24,29)(H,25,26,30). The molecular formula is C22H23N5O4. The Morgan fingerprint density at radius 2 is 1.61 bits per heavy atom. The zero-order valence-electron chi connectivity index (χ0n) is 17.5. The van der Waals surface area contributed by atoms with Crippen LogP contribution in [0.4, 0.5) is 11.4 Å². The van der Waals surface area contributed by atoms with E-state index in [1.807, 2.05) is 6.92 Å². The molecule has 0 spiro atoms. The monoisotopic (exact) mass is 421 g/mol. The number of aromatic amines is 1. The van der Waals surface area contributed by atoms with Crippen LogP contribution in [0.25, 0.3) is 10.9 Å². The lowest BCUT2D eigenvalue weighted by molar-refractivity contribution is -0.115. The van der Waals surface area contributed by atoms with Crippen molar-refractivity contribution in [3.05, 3.63) is 64.2 Å². The molecule has 0 radical (unpaired) electrons. The lowest BCUT2D eigenvalue weighted by Gasteiger charge is -2.21. The zero-order chi connectivity index (χ0) is 22.5. The number of anilines is 2. The van der Waals surface area contributed by atoms with E-state index >= 15 is 0 Å². The van der Waals surface area contributed by atoms with Gasteiger partial charge in [0.15, 0.2) is 0 Å². The molecule has 0 aliphatic carbocycles. The van der Waals surface area contributed by atoms with Gasteiger partial charge in [0, 0.05) is 37.3 Å². The summed E-state index contributed by atoms with van der Waals surface area (Å²) < 4.78 is 0. The van der Waals surface area contributed by atoms with Gasteiger partial charge in [-0.15, -0.1) is 0 Å². The van der Waals surface area contributed by atoms with Crippen LogP contribution < -0.4 is 16.2 Å². The fourth-order valence-electron chi connectivity index (χ4n) is 3.20. The molecule has 0 bridgehead atoms. The summed E-state index contributed by atoms with van der Waals surface area (Å²) in [6.07, 6.45) is 0. The molecule has 2 aromatic carbocycles. The Kier molecular flexibility index (Phi) is 6.44. The summed E-state index contributed by atoms with van der Waals surface area (Å²) >= 11 is 0. The molecule has 9 nitrogen and oxygen atoms in total. The molecule has 160 valence electrons. The highest BCUT2D eigenvalue weighted by atomic mass is 16.2. The van der Waals surface area contributed by atoms with Crippen LogP contribution in [-0.4, -0.2) is 39.1 Å². The van der Waals surface area contributed by atoms with Gasteiger partial charge >= 0.3 is 0 Å². The lowest BCUT2D eigenvalue weighted by Crippen LogP contribution is -2.32. The molecule has 0 saturated heterocycles. The smallest absolute Gasteiger partial charge is 0.258 e. The quantitative estimate of drug-likeness (QED) is 0.564. The number of carbonyl (C=O) groups is 3. The zero-order valence-corrected chi connectivity index (χ0v) is 17.5. The minimum absolute atomic E-state index is 0.0925. The highest BCUT2D eigenvalue weighted by Crippen LogP contribution is 2.21. The summed E-state index contributed by atoms with van der Waals surface area (Å²) in [5.74, 6) is -0.580. The SMILES string of the molecule is CCN(Cc1nc2ccccc2c(=O)[nH]1)C(=O)c1cc(NC(C)=O)cc(NC(C)=O)c1. The Morgan fingerprint density at radius 3 is 2.19 bits per heavy atom. The molecule has 0 fully saturated rings. The maximum atomic E-state index is 13.2. The summed E-state index contributed by atoms with van der Waals surface area (Å²) in [4.78, 5) is 57.1. The molecular weight excluding hydrogens is 398 g/mol. The number of aromatic nitrogens is 2. The van der Waals surface area contributed by atoms with E-state index in [0.717, 1.165) is 0 Å². The molecule has 0 aliphatic rings. The second-order valence-corrected chi connectivity index (χ2v) is 7.01. The van der Waals surface area contributed by atoms with E-state index in [1.165, 1.54) is 30.9 Å². The molecule has 0 atom stereocenters. The predicted octanol–water partition coefficient (Wildman–Crippen LogP) is 2.50. The number of H-pyrrole nitrogens is 1. The maximum Gasteiger partial charge on any atom is 0.258 e. The van der Waals surface area contributed by atoms with Crippen LogP contribution in [0.2, 0.25) is 0 Å². The number of carbonyl (C=O) groups excluding carboxylic acids is 3. The maximum absolute atomic E-state index is 13.2. The Morgan fingerprint density at radius 1 is 1.00 bits per heavy atom. The number of nitrogens with zero attached hydrogens (tertiary/aromatic N) is 2. The summed E-state index contributed by atoms with van der Waals surface area (Å²) in [7, 11) is 0. The highest BCUT2D eigenvalue weighted by Gasteiger charge is 2.18. The molecule has 1 heterocycles. The van der Waals surface area contributed by atoms with Crippen LogP contribution >= 0.6 is 0 Å². The van der Waals surface area contributed by atoms with E-state index in [-0.39, 0.29) is 35.4 Å². The average Bonchev–Trinajstić information content (AvgIpc) is 2.70. The molecule has 1 aromatic heterocycles. The predicted molar refractivity (Wildman–Crippen MR) is 118 cm³/mol. The third-order valence-corrected chi connectivity index (χ3v) is 4.49. The van der Waals surface area contributed by atoms with Gasteiger partial charge in [0.05, 0.1) is 17.4 Å². The molecule has 31 heavy (non-hydrogen) atoms. The number of nitrogens with one attached hydrogen (secondary N) is 3. The molecule has 3 rings (SSSR count). The Bertz CT molecular complexity index is 1180. The fourth-order valence-corrected chi connectivity index (χ4v) is 3.20. The molecule has 0 unspecified atom stereocenters. The average molecular weight is 421 g/mol. The molecule has 0 aliphatic heterocycles. The van der Waals surface area contributed by atoms with Crippen LogP contribution in [0.1, 0.15) is 37.0 Å². The van der Waals surface area contributed by atoms with Crippen molar-refractivity contribution in [3.63, 3.8) is 0 Å². The number of benzene rings is 2. The van der Waals surface area contributed by atoms with Gasteiger partial charge in [-0.2, -0.15) is 0 Å². The first kappa shape index (κ1) is 21.7. The first-order chi connectivity index (χ1) is 14.8. The third-order valence-electron chi connectivity index (χ3n) is 4.49. The Labute approximate surface area is 178 Å². The van der Waals surface area contributed by atoms with Gasteiger partial charge < -0.3 is 20.5 Å². The second-order valence-electron chi connectivity index (χ2n) is 7.01. The summed E-state index contributed by atoms with van der Waals surface area (Å²) in [5, 5.41) is 5.73. The van der Waals surface area contributed by atoms with Crippen molar-refractivity contribution in [2.75, 3.05) is 17.2 Å². The van der Waals surface area contributed by atoms with Crippen LogP contribution in [0.15, 0.2) is 47.3 Å². The largest absolute Gasteiger partial charge is 0.331 e. The fraction of sp³-hybridized carbons (Fsp3) is 0.227. The van der Waals surface area contributed by atoms with Crippen LogP contribution in [0, 0.1) is 0 Å². The van der Waals surface area contributed by atoms with Gasteiger partial charge in [0.2, 0.25) is 11.8 Å². The number of para-hydroxylation sites is 1. The van der Waals surface area contributed by atoms with Crippen molar-refractivity contribution >= 4 is 40.0 Å². The summed E-state index contributed by atoms with van der Waals surface area (Å²) in [6.45, 7) is 4.97. The van der Waals surface area contributed by atoms with Gasteiger partial charge in [-0.1, -0.05) is 12.1 Å². The summed E-state index contributed by atoms with van der Waals surface area (Å²) in [6, 6.07) is 11.6. The van der Waals surface area contributed by atoms with Gasteiger partial charge in [-0.25, -0.2) is 4.98 Å². The van der Waals surface area contributed by atoms with E-state index in [2.05, 4.69) is 20.6 Å². The first-order valence-corrected chi connectivity index (χ1v) is 9.74. The molecule has 3 N–H and O–H groups in total. The normalized spacial score (nSPS) is 10.5. The van der Waals surface area contributed by atoms with Crippen LogP contribution in [0.5, 0.6) is 0 Å².